The number of rotatable bonds is 9. The lowest BCUT2D eigenvalue weighted by Crippen LogP contribution is -2.17. The number of benzene rings is 2. The fourth-order valence-electron chi connectivity index (χ4n) is 2.26. The number of carbonyl (C=O) groups excluding carboxylic acids is 1. The minimum Gasteiger partial charge on any atom is -0.507 e. The van der Waals surface area contributed by atoms with Crippen molar-refractivity contribution in [2.24, 2.45) is 5.10 Å². The van der Waals surface area contributed by atoms with E-state index in [9.17, 15) is 9.90 Å². The lowest BCUT2D eigenvalue weighted by Gasteiger charge is -2.06. The molecule has 5 nitrogen and oxygen atoms in total. The van der Waals surface area contributed by atoms with Gasteiger partial charge < -0.3 is 9.84 Å². The fourth-order valence-corrected chi connectivity index (χ4v) is 2.26. The molecule has 0 saturated heterocycles. The summed E-state index contributed by atoms with van der Waals surface area (Å²) in [6.45, 7) is 2.91. The van der Waals surface area contributed by atoms with E-state index in [4.69, 9.17) is 4.74 Å². The van der Waals surface area contributed by atoms with Crippen LogP contribution in [0.4, 0.5) is 0 Å². The van der Waals surface area contributed by atoms with E-state index < -0.39 is 5.91 Å². The summed E-state index contributed by atoms with van der Waals surface area (Å²) in [5, 5.41) is 13.5. The van der Waals surface area contributed by atoms with E-state index >= 15 is 0 Å². The number of phenols is 1. The van der Waals surface area contributed by atoms with Crippen LogP contribution in [-0.2, 0) is 0 Å². The molecule has 0 unspecified atom stereocenters. The number of unbranched alkanes of at least 4 members (excludes halogenated alkanes) is 3. The maximum Gasteiger partial charge on any atom is 0.275 e. The average molecular weight is 340 g/mol. The molecule has 2 aromatic carbocycles. The first-order chi connectivity index (χ1) is 12.2. The van der Waals surface area contributed by atoms with E-state index in [0.29, 0.717) is 0 Å². The van der Waals surface area contributed by atoms with E-state index in [1.54, 1.807) is 18.3 Å². The normalized spacial score (nSPS) is 10.8. The summed E-state index contributed by atoms with van der Waals surface area (Å²) >= 11 is 0. The summed E-state index contributed by atoms with van der Waals surface area (Å²) in [6, 6.07) is 13.8. The van der Waals surface area contributed by atoms with Crippen molar-refractivity contribution in [3.63, 3.8) is 0 Å². The van der Waals surface area contributed by atoms with Gasteiger partial charge in [0.2, 0.25) is 0 Å². The summed E-state index contributed by atoms with van der Waals surface area (Å²) in [5.74, 6) is 0.295. The van der Waals surface area contributed by atoms with Gasteiger partial charge in [-0.15, -0.1) is 0 Å². The van der Waals surface area contributed by atoms with Crippen LogP contribution in [0.15, 0.2) is 53.6 Å². The zero-order chi connectivity index (χ0) is 17.9. The predicted octanol–water partition coefficient (Wildman–Crippen LogP) is 4.12. The average Bonchev–Trinajstić information content (AvgIpc) is 2.63. The molecule has 0 aromatic heterocycles. The van der Waals surface area contributed by atoms with Crippen molar-refractivity contribution in [3.05, 3.63) is 59.7 Å². The van der Waals surface area contributed by atoms with Gasteiger partial charge in [0.1, 0.15) is 11.5 Å². The second kappa shape index (κ2) is 10.1. The largest absolute Gasteiger partial charge is 0.507 e. The predicted molar refractivity (Wildman–Crippen MR) is 99.2 cm³/mol. The van der Waals surface area contributed by atoms with E-state index in [2.05, 4.69) is 17.5 Å². The molecule has 5 heteroatoms. The fraction of sp³-hybridized carbons (Fsp3) is 0.300. The summed E-state index contributed by atoms with van der Waals surface area (Å²) in [6.07, 6.45) is 6.26. The second-order valence-corrected chi connectivity index (χ2v) is 5.69. The number of carbonyl (C=O) groups is 1. The number of amides is 1. The standard InChI is InChI=1S/C20H24N2O3/c1-2-3-4-7-14-25-17-12-10-16(11-13-17)15-21-22-20(24)18-8-5-6-9-19(18)23/h5-6,8-13,15,23H,2-4,7,14H2,1H3,(H,22,24)/b21-15+. The Morgan fingerprint density at radius 2 is 1.88 bits per heavy atom. The topological polar surface area (TPSA) is 70.9 Å². The summed E-state index contributed by atoms with van der Waals surface area (Å²) < 4.78 is 5.68. The molecule has 0 atom stereocenters. The maximum atomic E-state index is 11.9. The first-order valence-electron chi connectivity index (χ1n) is 8.55. The highest BCUT2D eigenvalue weighted by Crippen LogP contribution is 2.15. The van der Waals surface area contributed by atoms with E-state index in [0.717, 1.165) is 24.3 Å². The van der Waals surface area contributed by atoms with Gasteiger partial charge in [-0.3, -0.25) is 4.79 Å². The van der Waals surface area contributed by atoms with Crippen LogP contribution >= 0.6 is 0 Å². The van der Waals surface area contributed by atoms with Gasteiger partial charge in [0.05, 0.1) is 18.4 Å². The zero-order valence-corrected chi connectivity index (χ0v) is 14.4. The minimum atomic E-state index is -0.457. The molecule has 1 amide bonds. The van der Waals surface area contributed by atoms with E-state index in [1.165, 1.54) is 31.4 Å². The van der Waals surface area contributed by atoms with Crippen LogP contribution in [0.5, 0.6) is 11.5 Å². The van der Waals surface area contributed by atoms with Gasteiger partial charge in [-0.05, 0) is 48.4 Å². The molecule has 0 spiro atoms. The molecule has 0 radical (unpaired) electrons. The monoisotopic (exact) mass is 340 g/mol. The number of nitrogens with one attached hydrogen (secondary N) is 1. The lowest BCUT2D eigenvalue weighted by atomic mass is 10.2. The number of aromatic hydroxyl groups is 1. The number of hydrogen-bond acceptors (Lipinski definition) is 4. The third kappa shape index (κ3) is 6.30. The Kier molecular flexibility index (Phi) is 7.50. The molecule has 2 N–H and O–H groups in total. The van der Waals surface area contributed by atoms with Gasteiger partial charge in [0, 0.05) is 0 Å². The Hall–Kier alpha value is -2.82. The van der Waals surface area contributed by atoms with Crippen LogP contribution in [0, 0.1) is 0 Å². The molecule has 2 rings (SSSR count). The molecule has 0 aliphatic rings. The first-order valence-corrected chi connectivity index (χ1v) is 8.55. The van der Waals surface area contributed by atoms with Crippen molar-refractivity contribution >= 4 is 12.1 Å². The van der Waals surface area contributed by atoms with Crippen molar-refractivity contribution in [2.45, 2.75) is 32.6 Å². The molecule has 0 heterocycles. The number of phenolic OH excluding ortho intramolecular Hbond substituents is 1. The van der Waals surface area contributed by atoms with Crippen LogP contribution in [-0.4, -0.2) is 23.8 Å². The summed E-state index contributed by atoms with van der Waals surface area (Å²) in [5.41, 5.74) is 3.43. The number of ether oxygens (including phenoxy) is 1. The highest BCUT2D eigenvalue weighted by Gasteiger charge is 2.08. The molecule has 25 heavy (non-hydrogen) atoms. The molecule has 0 aliphatic heterocycles. The van der Waals surface area contributed by atoms with Crippen molar-refractivity contribution in [2.75, 3.05) is 6.61 Å². The molecule has 2 aromatic rings. The maximum absolute atomic E-state index is 11.9. The molecular weight excluding hydrogens is 316 g/mol. The van der Waals surface area contributed by atoms with Crippen LogP contribution in [0.2, 0.25) is 0 Å². The smallest absolute Gasteiger partial charge is 0.275 e. The third-order valence-corrected chi connectivity index (χ3v) is 3.68. The van der Waals surface area contributed by atoms with Crippen LogP contribution in [0.25, 0.3) is 0 Å². The van der Waals surface area contributed by atoms with Gasteiger partial charge in [0.15, 0.2) is 0 Å². The second-order valence-electron chi connectivity index (χ2n) is 5.69. The van der Waals surface area contributed by atoms with Crippen molar-refractivity contribution < 1.29 is 14.6 Å². The first kappa shape index (κ1) is 18.5. The quantitative estimate of drug-likeness (QED) is 0.410. The Bertz CT molecular complexity index is 696. The van der Waals surface area contributed by atoms with Crippen LogP contribution < -0.4 is 10.2 Å². The van der Waals surface area contributed by atoms with Gasteiger partial charge in [-0.2, -0.15) is 5.10 Å². The van der Waals surface area contributed by atoms with Crippen molar-refractivity contribution in [3.8, 4) is 11.5 Å². The highest BCUT2D eigenvalue weighted by atomic mass is 16.5. The third-order valence-electron chi connectivity index (χ3n) is 3.68. The Labute approximate surface area is 148 Å². The van der Waals surface area contributed by atoms with Crippen molar-refractivity contribution in [1.82, 2.24) is 5.43 Å². The zero-order valence-electron chi connectivity index (χ0n) is 14.4. The molecule has 132 valence electrons. The molecular formula is C20H24N2O3. The van der Waals surface area contributed by atoms with Gasteiger partial charge >= 0.3 is 0 Å². The molecule has 0 saturated carbocycles. The van der Waals surface area contributed by atoms with Gasteiger partial charge in [0.25, 0.3) is 5.91 Å². The Balaban J connectivity index is 1.79. The number of para-hydroxylation sites is 1. The van der Waals surface area contributed by atoms with Gasteiger partial charge in [-0.1, -0.05) is 38.3 Å². The van der Waals surface area contributed by atoms with Gasteiger partial charge in [-0.25, -0.2) is 5.43 Å². The van der Waals surface area contributed by atoms with Crippen LogP contribution in [0.1, 0.15) is 48.5 Å². The Morgan fingerprint density at radius 3 is 2.60 bits per heavy atom. The van der Waals surface area contributed by atoms with Crippen LogP contribution in [0.3, 0.4) is 0 Å². The highest BCUT2D eigenvalue weighted by molar-refractivity contribution is 5.97. The van der Waals surface area contributed by atoms with E-state index in [1.807, 2.05) is 24.3 Å². The van der Waals surface area contributed by atoms with Crippen molar-refractivity contribution in [1.29, 1.82) is 0 Å². The lowest BCUT2D eigenvalue weighted by molar-refractivity contribution is 0.0952. The number of nitrogens with zero attached hydrogens (tertiary/aromatic N) is 1. The summed E-state index contributed by atoms with van der Waals surface area (Å²) in [4.78, 5) is 11.9. The SMILES string of the molecule is CCCCCCOc1ccc(/C=N/NC(=O)c2ccccc2O)cc1. The summed E-state index contributed by atoms with van der Waals surface area (Å²) in [7, 11) is 0. The molecule has 0 aliphatic carbocycles. The molecule has 0 bridgehead atoms. The Morgan fingerprint density at radius 1 is 1.12 bits per heavy atom. The number of hydrogen-bond donors (Lipinski definition) is 2. The number of hydrazone groups is 1. The van der Waals surface area contributed by atoms with E-state index in [-0.39, 0.29) is 11.3 Å². The molecule has 0 fully saturated rings. The minimum absolute atomic E-state index is 0.0735.